The maximum atomic E-state index is 11.9. The van der Waals surface area contributed by atoms with Crippen LogP contribution < -0.4 is 4.72 Å². The summed E-state index contributed by atoms with van der Waals surface area (Å²) < 4.78 is 27.5. The highest BCUT2D eigenvalue weighted by Crippen LogP contribution is 2.13. The average Bonchev–Trinajstić information content (AvgIpc) is 2.40. The standard InChI is InChI=1S/C14H14INO2S/c15-13-6-8-14(9-7-13)16-19(17,18)11-10-12-4-2-1-3-5-12/h1-9,16H,10-11H2. The Morgan fingerprint density at radius 1 is 0.947 bits per heavy atom. The minimum absolute atomic E-state index is 0.0863. The molecule has 19 heavy (non-hydrogen) atoms. The summed E-state index contributed by atoms with van der Waals surface area (Å²) >= 11 is 2.18. The van der Waals surface area contributed by atoms with Gasteiger partial charge in [0.15, 0.2) is 0 Å². The first-order valence-corrected chi connectivity index (χ1v) is 8.58. The molecule has 2 rings (SSSR count). The molecule has 2 aromatic rings. The summed E-state index contributed by atoms with van der Waals surface area (Å²) in [4.78, 5) is 0. The number of rotatable bonds is 5. The SMILES string of the molecule is O=S(=O)(CCc1ccccc1)Nc1ccc(I)cc1. The minimum Gasteiger partial charge on any atom is -0.284 e. The molecule has 0 radical (unpaired) electrons. The van der Waals surface area contributed by atoms with Gasteiger partial charge in [0.2, 0.25) is 10.0 Å². The normalized spacial score (nSPS) is 11.2. The lowest BCUT2D eigenvalue weighted by Crippen LogP contribution is -2.18. The van der Waals surface area contributed by atoms with Crippen molar-refractivity contribution in [2.75, 3.05) is 10.5 Å². The summed E-state index contributed by atoms with van der Waals surface area (Å²) in [6.45, 7) is 0. The maximum absolute atomic E-state index is 11.9. The monoisotopic (exact) mass is 387 g/mol. The van der Waals surface area contributed by atoms with E-state index >= 15 is 0 Å². The molecule has 0 spiro atoms. The number of aryl methyl sites for hydroxylation is 1. The average molecular weight is 387 g/mol. The molecule has 3 nitrogen and oxygen atoms in total. The predicted molar refractivity (Wildman–Crippen MR) is 86.7 cm³/mol. The molecule has 0 heterocycles. The molecule has 1 N–H and O–H groups in total. The zero-order valence-electron chi connectivity index (χ0n) is 10.2. The Morgan fingerprint density at radius 3 is 2.21 bits per heavy atom. The van der Waals surface area contributed by atoms with Crippen LogP contribution in [0.2, 0.25) is 0 Å². The molecule has 5 heteroatoms. The van der Waals surface area contributed by atoms with E-state index in [4.69, 9.17) is 0 Å². The van der Waals surface area contributed by atoms with Crippen molar-refractivity contribution < 1.29 is 8.42 Å². The molecule has 2 aromatic carbocycles. The van der Waals surface area contributed by atoms with Gasteiger partial charge in [-0.3, -0.25) is 4.72 Å². The Morgan fingerprint density at radius 2 is 1.58 bits per heavy atom. The summed E-state index contributed by atoms with van der Waals surface area (Å²) in [5.74, 6) is 0.0863. The zero-order chi connectivity index (χ0) is 13.7. The zero-order valence-corrected chi connectivity index (χ0v) is 13.2. The molecular weight excluding hydrogens is 373 g/mol. The highest BCUT2D eigenvalue weighted by atomic mass is 127. The van der Waals surface area contributed by atoms with E-state index < -0.39 is 10.0 Å². The molecule has 0 fully saturated rings. The Hall–Kier alpha value is -1.08. The highest BCUT2D eigenvalue weighted by Gasteiger charge is 2.10. The number of hydrogen-bond acceptors (Lipinski definition) is 2. The van der Waals surface area contributed by atoms with Crippen LogP contribution in [0.5, 0.6) is 0 Å². The van der Waals surface area contributed by atoms with Crippen molar-refractivity contribution in [3.8, 4) is 0 Å². The first-order chi connectivity index (χ1) is 9.05. The van der Waals surface area contributed by atoms with Crippen molar-refractivity contribution in [2.45, 2.75) is 6.42 Å². The first-order valence-electron chi connectivity index (χ1n) is 5.85. The van der Waals surface area contributed by atoms with Gasteiger partial charge in [-0.05, 0) is 58.8 Å². The van der Waals surface area contributed by atoms with Crippen molar-refractivity contribution in [1.82, 2.24) is 0 Å². The van der Waals surface area contributed by atoms with Gasteiger partial charge in [-0.15, -0.1) is 0 Å². The number of nitrogens with one attached hydrogen (secondary N) is 1. The summed E-state index contributed by atoms with van der Waals surface area (Å²) in [5.41, 5.74) is 1.63. The Kier molecular flexibility index (Phi) is 4.81. The molecule has 0 aliphatic carbocycles. The third-order valence-corrected chi connectivity index (χ3v) is 4.63. The third kappa shape index (κ3) is 4.83. The Balaban J connectivity index is 1.97. The second-order valence-electron chi connectivity index (χ2n) is 4.16. The fourth-order valence-corrected chi connectivity index (χ4v) is 3.11. The van der Waals surface area contributed by atoms with Crippen LogP contribution in [0.3, 0.4) is 0 Å². The molecule has 0 saturated carbocycles. The predicted octanol–water partition coefficient (Wildman–Crippen LogP) is 3.28. The van der Waals surface area contributed by atoms with Crippen LogP contribution in [-0.4, -0.2) is 14.2 Å². The van der Waals surface area contributed by atoms with Crippen molar-refractivity contribution in [1.29, 1.82) is 0 Å². The van der Waals surface area contributed by atoms with Gasteiger partial charge in [-0.1, -0.05) is 30.3 Å². The van der Waals surface area contributed by atoms with Crippen LogP contribution in [0, 0.1) is 3.57 Å². The Bertz CT molecular complexity index is 624. The molecule has 0 aliphatic heterocycles. The maximum Gasteiger partial charge on any atom is 0.233 e. The number of anilines is 1. The largest absolute Gasteiger partial charge is 0.284 e. The van der Waals surface area contributed by atoms with Gasteiger partial charge in [0.05, 0.1) is 5.75 Å². The van der Waals surface area contributed by atoms with Gasteiger partial charge in [-0.25, -0.2) is 8.42 Å². The highest BCUT2D eigenvalue weighted by molar-refractivity contribution is 14.1. The van der Waals surface area contributed by atoms with Crippen LogP contribution in [0.25, 0.3) is 0 Å². The number of hydrogen-bond donors (Lipinski definition) is 1. The second-order valence-corrected chi connectivity index (χ2v) is 7.25. The quantitative estimate of drug-likeness (QED) is 0.801. The number of benzene rings is 2. The van der Waals surface area contributed by atoms with Crippen LogP contribution >= 0.6 is 22.6 Å². The van der Waals surface area contributed by atoms with E-state index in [0.717, 1.165) is 9.13 Å². The van der Waals surface area contributed by atoms with Crippen molar-refractivity contribution in [3.63, 3.8) is 0 Å². The van der Waals surface area contributed by atoms with E-state index in [-0.39, 0.29) is 5.75 Å². The molecule has 0 amide bonds. The van der Waals surface area contributed by atoms with E-state index in [2.05, 4.69) is 27.3 Å². The van der Waals surface area contributed by atoms with Gasteiger partial charge in [0.1, 0.15) is 0 Å². The smallest absolute Gasteiger partial charge is 0.233 e. The van der Waals surface area contributed by atoms with E-state index in [1.54, 1.807) is 12.1 Å². The van der Waals surface area contributed by atoms with Gasteiger partial charge in [0, 0.05) is 9.26 Å². The van der Waals surface area contributed by atoms with E-state index in [0.29, 0.717) is 12.1 Å². The fourth-order valence-electron chi connectivity index (χ4n) is 1.65. The van der Waals surface area contributed by atoms with Crippen LogP contribution in [0.4, 0.5) is 5.69 Å². The molecule has 0 aromatic heterocycles. The number of sulfonamides is 1. The van der Waals surface area contributed by atoms with Crippen molar-refractivity contribution in [3.05, 3.63) is 63.7 Å². The summed E-state index contributed by atoms with van der Waals surface area (Å²) in [6, 6.07) is 16.9. The van der Waals surface area contributed by atoms with Crippen molar-refractivity contribution >= 4 is 38.3 Å². The summed E-state index contributed by atoms with van der Waals surface area (Å²) in [5, 5.41) is 0. The molecule has 0 saturated heterocycles. The van der Waals surface area contributed by atoms with E-state index in [9.17, 15) is 8.42 Å². The lowest BCUT2D eigenvalue weighted by Gasteiger charge is -2.08. The molecule has 100 valence electrons. The molecule has 0 unspecified atom stereocenters. The topological polar surface area (TPSA) is 46.2 Å². The summed E-state index contributed by atoms with van der Waals surface area (Å²) in [6.07, 6.45) is 0.514. The fraction of sp³-hybridized carbons (Fsp3) is 0.143. The third-order valence-electron chi connectivity index (χ3n) is 2.62. The summed E-state index contributed by atoms with van der Waals surface area (Å²) in [7, 11) is -3.30. The lowest BCUT2D eigenvalue weighted by atomic mass is 10.2. The molecular formula is C14H14INO2S. The van der Waals surface area contributed by atoms with Gasteiger partial charge in [-0.2, -0.15) is 0 Å². The lowest BCUT2D eigenvalue weighted by molar-refractivity contribution is 0.600. The molecule has 0 bridgehead atoms. The van der Waals surface area contributed by atoms with E-state index in [1.807, 2.05) is 42.5 Å². The van der Waals surface area contributed by atoms with E-state index in [1.165, 1.54) is 0 Å². The first kappa shape index (κ1) is 14.3. The van der Waals surface area contributed by atoms with Gasteiger partial charge in [0.25, 0.3) is 0 Å². The van der Waals surface area contributed by atoms with Gasteiger partial charge < -0.3 is 0 Å². The Labute approximate surface area is 127 Å². The van der Waals surface area contributed by atoms with Crippen LogP contribution in [0.1, 0.15) is 5.56 Å². The second kappa shape index (κ2) is 6.38. The molecule has 0 aliphatic rings. The minimum atomic E-state index is -3.30. The van der Waals surface area contributed by atoms with Crippen LogP contribution in [-0.2, 0) is 16.4 Å². The van der Waals surface area contributed by atoms with Crippen LogP contribution in [0.15, 0.2) is 54.6 Å². The molecule has 0 atom stereocenters. The number of halogens is 1. The van der Waals surface area contributed by atoms with Crippen molar-refractivity contribution in [2.24, 2.45) is 0 Å². The van der Waals surface area contributed by atoms with Gasteiger partial charge >= 0.3 is 0 Å².